The highest BCUT2D eigenvalue weighted by Crippen LogP contribution is 2.24. The van der Waals surface area contributed by atoms with Crippen LogP contribution in [0, 0.1) is 12.3 Å². The number of hydrogen-bond acceptors (Lipinski definition) is 2. The molecule has 0 aromatic heterocycles. The first kappa shape index (κ1) is 13.3. The topological polar surface area (TPSA) is 29.5 Å². The van der Waals surface area contributed by atoms with Gasteiger partial charge in [-0.05, 0) is 36.6 Å². The SMILES string of the molecule is C#C/C(CO)=C(/CC)c1ccc(OCC)cc1. The molecule has 1 aromatic carbocycles. The lowest BCUT2D eigenvalue weighted by molar-refractivity contribution is 0.336. The van der Waals surface area contributed by atoms with Gasteiger partial charge in [-0.25, -0.2) is 0 Å². The Bertz CT molecular complexity index is 421. The zero-order valence-corrected chi connectivity index (χ0v) is 10.4. The lowest BCUT2D eigenvalue weighted by atomic mass is 9.98. The van der Waals surface area contributed by atoms with Gasteiger partial charge in [0.15, 0.2) is 0 Å². The average Bonchev–Trinajstić information content (AvgIpc) is 2.37. The van der Waals surface area contributed by atoms with Gasteiger partial charge in [-0.15, -0.1) is 6.42 Å². The Kier molecular flexibility index (Phi) is 5.32. The van der Waals surface area contributed by atoms with Crippen molar-refractivity contribution < 1.29 is 9.84 Å². The van der Waals surface area contributed by atoms with Crippen molar-refractivity contribution in [1.29, 1.82) is 0 Å². The number of allylic oxidation sites excluding steroid dienone is 1. The van der Waals surface area contributed by atoms with Crippen molar-refractivity contribution in [2.24, 2.45) is 0 Å². The Morgan fingerprint density at radius 1 is 1.29 bits per heavy atom. The molecule has 0 aliphatic rings. The summed E-state index contributed by atoms with van der Waals surface area (Å²) in [5.74, 6) is 3.38. The quantitative estimate of drug-likeness (QED) is 0.788. The normalized spacial score (nSPS) is 11.6. The third kappa shape index (κ3) is 3.37. The molecule has 0 saturated heterocycles. The lowest BCUT2D eigenvalue weighted by Gasteiger charge is -2.09. The fourth-order valence-electron chi connectivity index (χ4n) is 1.74. The van der Waals surface area contributed by atoms with E-state index in [-0.39, 0.29) is 6.61 Å². The van der Waals surface area contributed by atoms with Crippen molar-refractivity contribution in [3.8, 4) is 18.1 Å². The number of aliphatic hydroxyl groups is 1. The largest absolute Gasteiger partial charge is 0.494 e. The van der Waals surface area contributed by atoms with E-state index < -0.39 is 0 Å². The van der Waals surface area contributed by atoms with Crippen LogP contribution in [-0.4, -0.2) is 18.3 Å². The van der Waals surface area contributed by atoms with Gasteiger partial charge >= 0.3 is 0 Å². The summed E-state index contributed by atoms with van der Waals surface area (Å²) in [4.78, 5) is 0. The number of terminal acetylenes is 1. The molecule has 0 unspecified atom stereocenters. The molecular formula is C15H18O2. The van der Waals surface area contributed by atoms with Gasteiger partial charge in [-0.3, -0.25) is 0 Å². The Labute approximate surface area is 103 Å². The number of ether oxygens (including phenoxy) is 1. The Balaban J connectivity index is 3.06. The second-order valence-electron chi connectivity index (χ2n) is 3.57. The molecule has 0 fully saturated rings. The molecular weight excluding hydrogens is 212 g/mol. The van der Waals surface area contributed by atoms with E-state index in [4.69, 9.17) is 11.2 Å². The zero-order valence-electron chi connectivity index (χ0n) is 10.4. The fraction of sp³-hybridized carbons (Fsp3) is 0.333. The number of rotatable bonds is 5. The van der Waals surface area contributed by atoms with Gasteiger partial charge in [0, 0.05) is 5.57 Å². The maximum Gasteiger partial charge on any atom is 0.119 e. The molecule has 17 heavy (non-hydrogen) atoms. The van der Waals surface area contributed by atoms with Crippen LogP contribution in [0.3, 0.4) is 0 Å². The van der Waals surface area contributed by atoms with Gasteiger partial charge in [0.1, 0.15) is 5.75 Å². The first-order valence-corrected chi connectivity index (χ1v) is 5.79. The zero-order chi connectivity index (χ0) is 12.7. The molecule has 0 spiro atoms. The van der Waals surface area contributed by atoms with Crippen LogP contribution in [0.4, 0.5) is 0 Å². The molecule has 0 radical (unpaired) electrons. The molecule has 1 rings (SSSR count). The molecule has 90 valence electrons. The summed E-state index contributed by atoms with van der Waals surface area (Å²) in [5, 5.41) is 9.20. The van der Waals surface area contributed by atoms with Gasteiger partial charge in [-0.2, -0.15) is 0 Å². The molecule has 0 bridgehead atoms. The smallest absolute Gasteiger partial charge is 0.119 e. The van der Waals surface area contributed by atoms with E-state index in [1.807, 2.05) is 38.1 Å². The molecule has 0 aliphatic heterocycles. The van der Waals surface area contributed by atoms with E-state index in [0.717, 1.165) is 23.3 Å². The maximum atomic E-state index is 9.20. The third-order valence-corrected chi connectivity index (χ3v) is 2.56. The minimum atomic E-state index is -0.0904. The van der Waals surface area contributed by atoms with Crippen LogP contribution in [0.1, 0.15) is 25.8 Å². The standard InChI is InChI=1S/C15H18O2/c1-4-12(11-16)15(5-2)13-7-9-14(10-8-13)17-6-3/h1,7-10,16H,5-6,11H2,2-3H3/b15-12+. The van der Waals surface area contributed by atoms with E-state index in [2.05, 4.69) is 5.92 Å². The van der Waals surface area contributed by atoms with Crippen molar-refractivity contribution in [3.05, 3.63) is 35.4 Å². The highest BCUT2D eigenvalue weighted by Gasteiger charge is 2.05. The van der Waals surface area contributed by atoms with Gasteiger partial charge in [0.25, 0.3) is 0 Å². The lowest BCUT2D eigenvalue weighted by Crippen LogP contribution is -1.95. The van der Waals surface area contributed by atoms with Crippen molar-refractivity contribution in [1.82, 2.24) is 0 Å². The highest BCUT2D eigenvalue weighted by molar-refractivity contribution is 5.72. The van der Waals surface area contributed by atoms with Crippen LogP contribution in [0.2, 0.25) is 0 Å². The fourth-order valence-corrected chi connectivity index (χ4v) is 1.74. The van der Waals surface area contributed by atoms with Gasteiger partial charge < -0.3 is 9.84 Å². The Morgan fingerprint density at radius 3 is 2.35 bits per heavy atom. The van der Waals surface area contributed by atoms with Crippen molar-refractivity contribution >= 4 is 5.57 Å². The molecule has 1 aromatic rings. The molecule has 2 nitrogen and oxygen atoms in total. The van der Waals surface area contributed by atoms with Crippen LogP contribution in [0.15, 0.2) is 29.8 Å². The van der Waals surface area contributed by atoms with Gasteiger partial charge in [0.05, 0.1) is 13.2 Å². The summed E-state index contributed by atoms with van der Waals surface area (Å²) in [6, 6.07) is 7.77. The Hall–Kier alpha value is -1.72. The molecule has 0 saturated carbocycles. The predicted octanol–water partition coefficient (Wildman–Crippen LogP) is 2.87. The van der Waals surface area contributed by atoms with E-state index in [1.54, 1.807) is 0 Å². The molecule has 2 heteroatoms. The second kappa shape index (κ2) is 6.78. The van der Waals surface area contributed by atoms with Crippen LogP contribution in [0.5, 0.6) is 5.75 Å². The van der Waals surface area contributed by atoms with Gasteiger partial charge in [-0.1, -0.05) is 25.0 Å². The minimum absolute atomic E-state index is 0.0904. The summed E-state index contributed by atoms with van der Waals surface area (Å²) < 4.78 is 5.38. The van der Waals surface area contributed by atoms with Crippen LogP contribution in [-0.2, 0) is 0 Å². The van der Waals surface area contributed by atoms with Crippen molar-refractivity contribution in [2.75, 3.05) is 13.2 Å². The van der Waals surface area contributed by atoms with Crippen molar-refractivity contribution in [3.63, 3.8) is 0 Å². The summed E-state index contributed by atoms with van der Waals surface area (Å²) in [5.41, 5.74) is 2.70. The monoisotopic (exact) mass is 230 g/mol. The minimum Gasteiger partial charge on any atom is -0.494 e. The number of hydrogen-bond donors (Lipinski definition) is 1. The van der Waals surface area contributed by atoms with E-state index >= 15 is 0 Å². The highest BCUT2D eigenvalue weighted by atomic mass is 16.5. The predicted molar refractivity (Wildman–Crippen MR) is 70.7 cm³/mol. The maximum absolute atomic E-state index is 9.20. The van der Waals surface area contributed by atoms with E-state index in [1.165, 1.54) is 0 Å². The summed E-state index contributed by atoms with van der Waals surface area (Å²) >= 11 is 0. The summed E-state index contributed by atoms with van der Waals surface area (Å²) in [6.07, 6.45) is 6.18. The van der Waals surface area contributed by atoms with E-state index in [9.17, 15) is 5.11 Å². The van der Waals surface area contributed by atoms with Crippen LogP contribution < -0.4 is 4.74 Å². The summed E-state index contributed by atoms with van der Waals surface area (Å²) in [6.45, 7) is 4.54. The molecule has 1 N–H and O–H groups in total. The molecule has 0 amide bonds. The molecule has 0 atom stereocenters. The third-order valence-electron chi connectivity index (χ3n) is 2.56. The Morgan fingerprint density at radius 2 is 1.94 bits per heavy atom. The second-order valence-corrected chi connectivity index (χ2v) is 3.57. The van der Waals surface area contributed by atoms with Crippen molar-refractivity contribution in [2.45, 2.75) is 20.3 Å². The van der Waals surface area contributed by atoms with Gasteiger partial charge in [0.2, 0.25) is 0 Å². The van der Waals surface area contributed by atoms with Crippen LogP contribution >= 0.6 is 0 Å². The number of benzene rings is 1. The summed E-state index contributed by atoms with van der Waals surface area (Å²) in [7, 11) is 0. The number of aliphatic hydroxyl groups excluding tert-OH is 1. The van der Waals surface area contributed by atoms with Crippen LogP contribution in [0.25, 0.3) is 5.57 Å². The molecule has 0 aliphatic carbocycles. The first-order valence-electron chi connectivity index (χ1n) is 5.79. The van der Waals surface area contributed by atoms with E-state index in [0.29, 0.717) is 12.2 Å². The average molecular weight is 230 g/mol. The first-order chi connectivity index (χ1) is 8.26. The molecule has 0 heterocycles.